The van der Waals surface area contributed by atoms with Gasteiger partial charge in [0.05, 0.1) is 14.2 Å². The maximum absolute atomic E-state index is 5.34. The fourth-order valence-electron chi connectivity index (χ4n) is 2.75. The summed E-state index contributed by atoms with van der Waals surface area (Å²) in [6.45, 7) is 5.97. The Kier molecular flexibility index (Phi) is 9.96. The van der Waals surface area contributed by atoms with Gasteiger partial charge in [-0.05, 0) is 37.1 Å². The highest BCUT2D eigenvalue weighted by Gasteiger charge is 2.27. The smallest absolute Gasteiger partial charge is 0.191 e. The molecule has 142 valence electrons. The van der Waals surface area contributed by atoms with Gasteiger partial charge >= 0.3 is 0 Å². The van der Waals surface area contributed by atoms with Crippen LogP contribution >= 0.6 is 24.0 Å². The highest BCUT2D eigenvalue weighted by atomic mass is 127. The number of hydrogen-bond donors (Lipinski definition) is 2. The van der Waals surface area contributed by atoms with E-state index >= 15 is 0 Å². The molecule has 1 aromatic carbocycles. The normalized spacial score (nSPS) is 14.0. The van der Waals surface area contributed by atoms with Gasteiger partial charge in [-0.3, -0.25) is 9.89 Å². The Labute approximate surface area is 168 Å². The molecule has 25 heavy (non-hydrogen) atoms. The molecule has 2 N–H and O–H groups in total. The first-order valence-electron chi connectivity index (χ1n) is 8.61. The first-order chi connectivity index (χ1) is 11.7. The lowest BCUT2D eigenvalue weighted by atomic mass is 10.2. The molecule has 0 spiro atoms. The first kappa shape index (κ1) is 21.8. The Balaban J connectivity index is 0.00000312. The summed E-state index contributed by atoms with van der Waals surface area (Å²) in [4.78, 5) is 6.80. The molecule has 7 heteroatoms. The van der Waals surface area contributed by atoms with Crippen molar-refractivity contribution in [2.75, 3.05) is 40.9 Å². The highest BCUT2D eigenvalue weighted by molar-refractivity contribution is 14.0. The second-order valence-electron chi connectivity index (χ2n) is 5.90. The summed E-state index contributed by atoms with van der Waals surface area (Å²) < 4.78 is 10.6. The zero-order valence-corrected chi connectivity index (χ0v) is 18.0. The van der Waals surface area contributed by atoms with Gasteiger partial charge in [0, 0.05) is 32.7 Å². The van der Waals surface area contributed by atoms with E-state index in [9.17, 15) is 0 Å². The third-order valence-corrected chi connectivity index (χ3v) is 4.29. The number of benzene rings is 1. The van der Waals surface area contributed by atoms with Crippen LogP contribution in [0.15, 0.2) is 23.2 Å². The maximum atomic E-state index is 5.34. The van der Waals surface area contributed by atoms with Crippen LogP contribution in [0.4, 0.5) is 0 Å². The summed E-state index contributed by atoms with van der Waals surface area (Å²) in [5.74, 6) is 2.29. The van der Waals surface area contributed by atoms with Crippen molar-refractivity contribution < 1.29 is 9.47 Å². The van der Waals surface area contributed by atoms with Crippen LogP contribution in [0.2, 0.25) is 0 Å². The van der Waals surface area contributed by atoms with E-state index in [4.69, 9.17) is 9.47 Å². The molecule has 0 radical (unpaired) electrons. The number of methoxy groups -OCH3 is 2. The van der Waals surface area contributed by atoms with Crippen molar-refractivity contribution in [3.63, 3.8) is 0 Å². The molecule has 0 heterocycles. The first-order valence-corrected chi connectivity index (χ1v) is 8.61. The van der Waals surface area contributed by atoms with E-state index < -0.39 is 0 Å². The van der Waals surface area contributed by atoms with Crippen molar-refractivity contribution in [3.05, 3.63) is 23.8 Å². The topological polar surface area (TPSA) is 58.1 Å². The van der Waals surface area contributed by atoms with E-state index in [1.54, 1.807) is 21.3 Å². The van der Waals surface area contributed by atoms with Crippen molar-refractivity contribution in [3.8, 4) is 11.5 Å². The van der Waals surface area contributed by atoms with Gasteiger partial charge in [0.25, 0.3) is 0 Å². The number of ether oxygens (including phenoxy) is 2. The molecule has 1 aliphatic carbocycles. The number of hydrogen-bond acceptors (Lipinski definition) is 4. The molecule has 1 fully saturated rings. The maximum Gasteiger partial charge on any atom is 0.191 e. The van der Waals surface area contributed by atoms with Gasteiger partial charge in [-0.15, -0.1) is 24.0 Å². The molecule has 0 aliphatic heterocycles. The number of aliphatic imine (C=N–C) groups is 1. The van der Waals surface area contributed by atoms with E-state index in [-0.39, 0.29) is 24.0 Å². The van der Waals surface area contributed by atoms with Crippen LogP contribution in [0, 0.1) is 0 Å². The van der Waals surface area contributed by atoms with E-state index in [2.05, 4.69) is 27.4 Å². The van der Waals surface area contributed by atoms with E-state index in [1.807, 2.05) is 18.2 Å². The third-order valence-electron chi connectivity index (χ3n) is 4.29. The minimum Gasteiger partial charge on any atom is -0.493 e. The van der Waals surface area contributed by atoms with Gasteiger partial charge in [-0.2, -0.15) is 0 Å². The summed E-state index contributed by atoms with van der Waals surface area (Å²) in [5.41, 5.74) is 1.11. The second kappa shape index (κ2) is 11.4. The van der Waals surface area contributed by atoms with Crippen molar-refractivity contribution in [2.45, 2.75) is 32.4 Å². The molecule has 1 saturated carbocycles. The number of nitrogens with zero attached hydrogens (tertiary/aromatic N) is 2. The third kappa shape index (κ3) is 6.89. The number of guanidine groups is 1. The van der Waals surface area contributed by atoms with Gasteiger partial charge < -0.3 is 20.1 Å². The molecule has 0 unspecified atom stereocenters. The quantitative estimate of drug-likeness (QED) is 0.336. The van der Waals surface area contributed by atoms with Crippen LogP contribution in [0.3, 0.4) is 0 Å². The number of nitrogens with one attached hydrogen (secondary N) is 2. The Bertz CT molecular complexity index is 550. The molecule has 0 bridgehead atoms. The molecule has 0 saturated heterocycles. The van der Waals surface area contributed by atoms with E-state index in [1.165, 1.54) is 12.8 Å². The van der Waals surface area contributed by atoms with Crippen LogP contribution in [0.25, 0.3) is 0 Å². The summed E-state index contributed by atoms with van der Waals surface area (Å²) >= 11 is 0. The minimum atomic E-state index is 0. The Morgan fingerprint density at radius 1 is 1.20 bits per heavy atom. The largest absolute Gasteiger partial charge is 0.493 e. The van der Waals surface area contributed by atoms with Crippen LogP contribution < -0.4 is 20.1 Å². The number of rotatable bonds is 9. The average Bonchev–Trinajstić information content (AvgIpc) is 3.46. The summed E-state index contributed by atoms with van der Waals surface area (Å²) in [7, 11) is 5.08. The lowest BCUT2D eigenvalue weighted by Gasteiger charge is -2.20. The molecule has 1 aliphatic rings. The predicted molar refractivity (Wildman–Crippen MR) is 113 cm³/mol. The molecule has 1 aromatic rings. The van der Waals surface area contributed by atoms with Crippen LogP contribution in [-0.4, -0.2) is 57.8 Å². The van der Waals surface area contributed by atoms with Crippen molar-refractivity contribution in [2.24, 2.45) is 4.99 Å². The molecule has 0 amide bonds. The van der Waals surface area contributed by atoms with Gasteiger partial charge in [0.1, 0.15) is 0 Å². The van der Waals surface area contributed by atoms with Crippen LogP contribution in [-0.2, 0) is 6.54 Å². The zero-order chi connectivity index (χ0) is 17.4. The summed E-state index contributed by atoms with van der Waals surface area (Å²) in [6.07, 6.45) is 2.69. The van der Waals surface area contributed by atoms with Gasteiger partial charge in [-0.1, -0.05) is 13.0 Å². The molecule has 2 rings (SSSR count). The molecular formula is C18H31IN4O2. The van der Waals surface area contributed by atoms with Gasteiger partial charge in [-0.25, -0.2) is 0 Å². The Morgan fingerprint density at radius 2 is 1.92 bits per heavy atom. The van der Waals surface area contributed by atoms with Crippen LogP contribution in [0.5, 0.6) is 11.5 Å². The number of likely N-dealkylation sites (N-methyl/N-ethyl adjacent to an activating group) is 1. The SMILES string of the molecule is CCN(CCNC(=NC)NCc1ccc(OC)c(OC)c1)C1CC1.I. The number of halogens is 1. The standard InChI is InChI=1S/C18H30N4O2.HI/c1-5-22(15-7-8-15)11-10-20-18(19-2)21-13-14-6-9-16(23-3)17(12-14)24-4;/h6,9,12,15H,5,7-8,10-11,13H2,1-4H3,(H2,19,20,21);1H. The second-order valence-corrected chi connectivity index (χ2v) is 5.90. The monoisotopic (exact) mass is 462 g/mol. The van der Waals surface area contributed by atoms with Crippen molar-refractivity contribution in [1.82, 2.24) is 15.5 Å². The fraction of sp³-hybridized carbons (Fsp3) is 0.611. The molecular weight excluding hydrogens is 431 g/mol. The predicted octanol–water partition coefficient (Wildman–Crippen LogP) is 2.47. The lowest BCUT2D eigenvalue weighted by Crippen LogP contribution is -2.41. The molecule has 0 atom stereocenters. The van der Waals surface area contributed by atoms with Crippen LogP contribution in [0.1, 0.15) is 25.3 Å². The lowest BCUT2D eigenvalue weighted by molar-refractivity contribution is 0.282. The van der Waals surface area contributed by atoms with E-state index in [0.717, 1.165) is 48.7 Å². The zero-order valence-electron chi connectivity index (χ0n) is 15.7. The van der Waals surface area contributed by atoms with Gasteiger partial charge in [0.2, 0.25) is 0 Å². The van der Waals surface area contributed by atoms with Crippen molar-refractivity contribution >= 4 is 29.9 Å². The Morgan fingerprint density at radius 3 is 2.48 bits per heavy atom. The molecule has 0 aromatic heterocycles. The minimum absolute atomic E-state index is 0. The van der Waals surface area contributed by atoms with Crippen molar-refractivity contribution in [1.29, 1.82) is 0 Å². The Hall–Kier alpha value is -1.22. The summed E-state index contributed by atoms with van der Waals surface area (Å²) in [5, 5.41) is 6.71. The van der Waals surface area contributed by atoms with Gasteiger partial charge in [0.15, 0.2) is 17.5 Å². The molecule has 6 nitrogen and oxygen atoms in total. The highest BCUT2D eigenvalue weighted by Crippen LogP contribution is 2.27. The fourth-order valence-corrected chi connectivity index (χ4v) is 2.75. The average molecular weight is 462 g/mol. The van der Waals surface area contributed by atoms with E-state index in [0.29, 0.717) is 6.54 Å². The summed E-state index contributed by atoms with van der Waals surface area (Å²) in [6, 6.07) is 6.72.